The van der Waals surface area contributed by atoms with E-state index in [2.05, 4.69) is 0 Å². The van der Waals surface area contributed by atoms with Crippen LogP contribution in [0.5, 0.6) is 0 Å². The topological polar surface area (TPSA) is 46.2 Å². The predicted octanol–water partition coefficient (Wildman–Crippen LogP) is 3.88. The second kappa shape index (κ2) is 6.42. The van der Waals surface area contributed by atoms with Crippen molar-refractivity contribution in [2.45, 2.75) is 28.1 Å². The van der Waals surface area contributed by atoms with Crippen LogP contribution in [0.15, 0.2) is 59.5 Å². The Balaban J connectivity index is 1.92. The maximum atomic E-state index is 12.8. The maximum Gasteiger partial charge on any atom is 0.511 e. The van der Waals surface area contributed by atoms with E-state index in [1.165, 1.54) is 11.8 Å². The molecule has 24 heavy (non-hydrogen) atoms. The number of nitrogens with one attached hydrogen (secondary N) is 1. The molecule has 8 heteroatoms. The normalized spacial score (nSPS) is 20.8. The molecule has 0 heterocycles. The van der Waals surface area contributed by atoms with Crippen LogP contribution in [0, 0.1) is 0 Å². The van der Waals surface area contributed by atoms with Gasteiger partial charge in [-0.2, -0.15) is 17.9 Å². The minimum atomic E-state index is -5.41. The van der Waals surface area contributed by atoms with E-state index < -0.39 is 21.6 Å². The van der Waals surface area contributed by atoms with E-state index >= 15 is 0 Å². The zero-order valence-electron chi connectivity index (χ0n) is 12.3. The molecule has 0 aromatic heterocycles. The molecule has 3 nitrogen and oxygen atoms in total. The molecular weight excluding hydrogens is 359 g/mol. The lowest BCUT2D eigenvalue weighted by Crippen LogP contribution is -2.40. The van der Waals surface area contributed by atoms with Crippen molar-refractivity contribution in [3.63, 3.8) is 0 Å². The fourth-order valence-electron chi connectivity index (χ4n) is 2.72. The minimum Gasteiger partial charge on any atom is -0.203 e. The highest BCUT2D eigenvalue weighted by Crippen LogP contribution is 2.42. The van der Waals surface area contributed by atoms with E-state index in [1.807, 2.05) is 41.1 Å². The van der Waals surface area contributed by atoms with Crippen molar-refractivity contribution in [1.82, 2.24) is 4.72 Å². The Morgan fingerprint density at radius 3 is 2.29 bits per heavy atom. The van der Waals surface area contributed by atoms with Crippen molar-refractivity contribution in [1.29, 1.82) is 0 Å². The van der Waals surface area contributed by atoms with Gasteiger partial charge in [0, 0.05) is 10.1 Å². The minimum absolute atomic E-state index is 0.345. The predicted molar refractivity (Wildman–Crippen MR) is 87.1 cm³/mol. The van der Waals surface area contributed by atoms with Crippen LogP contribution in [0.4, 0.5) is 13.2 Å². The molecule has 0 fully saturated rings. The number of rotatable bonds is 4. The Hall–Kier alpha value is -1.51. The van der Waals surface area contributed by atoms with Gasteiger partial charge in [0.25, 0.3) is 0 Å². The molecule has 1 aliphatic carbocycles. The molecule has 2 aromatic carbocycles. The number of hydrogen-bond donors (Lipinski definition) is 1. The first-order chi connectivity index (χ1) is 11.3. The zero-order chi connectivity index (χ0) is 17.4. The molecule has 1 aliphatic rings. The monoisotopic (exact) mass is 373 g/mol. The average Bonchev–Trinajstić information content (AvgIpc) is 2.84. The Bertz CT molecular complexity index is 823. The third-order valence-electron chi connectivity index (χ3n) is 3.80. The summed E-state index contributed by atoms with van der Waals surface area (Å²) < 4.78 is 63.3. The Labute approximate surface area is 142 Å². The molecule has 0 aliphatic heterocycles. The smallest absolute Gasteiger partial charge is 0.203 e. The van der Waals surface area contributed by atoms with Crippen LogP contribution in [0.1, 0.15) is 17.2 Å². The van der Waals surface area contributed by atoms with E-state index in [1.54, 1.807) is 18.2 Å². The van der Waals surface area contributed by atoms with Gasteiger partial charge in [-0.15, -0.1) is 11.8 Å². The fourth-order valence-corrected chi connectivity index (χ4v) is 4.84. The maximum absolute atomic E-state index is 12.8. The SMILES string of the molecule is O=S(=O)(N[C@H]1c2ccccc2C[C@@H]1Sc1ccccc1)C(F)(F)F. The van der Waals surface area contributed by atoms with Gasteiger partial charge < -0.3 is 0 Å². The van der Waals surface area contributed by atoms with Crippen LogP contribution in [-0.4, -0.2) is 19.2 Å². The second-order valence-corrected chi connectivity index (χ2v) is 8.44. The van der Waals surface area contributed by atoms with Crippen LogP contribution in [-0.2, 0) is 16.4 Å². The third-order valence-corrected chi connectivity index (χ3v) is 6.26. The van der Waals surface area contributed by atoms with Crippen LogP contribution in [0.25, 0.3) is 0 Å². The van der Waals surface area contributed by atoms with Gasteiger partial charge in [-0.25, -0.2) is 8.42 Å². The highest BCUT2D eigenvalue weighted by atomic mass is 32.2. The van der Waals surface area contributed by atoms with Crippen molar-refractivity contribution in [3.8, 4) is 0 Å². The van der Waals surface area contributed by atoms with Crippen LogP contribution >= 0.6 is 11.8 Å². The molecule has 0 amide bonds. The van der Waals surface area contributed by atoms with Crippen LogP contribution in [0.3, 0.4) is 0 Å². The van der Waals surface area contributed by atoms with Crippen molar-refractivity contribution in [2.24, 2.45) is 0 Å². The van der Waals surface area contributed by atoms with E-state index in [4.69, 9.17) is 0 Å². The molecule has 2 atom stereocenters. The number of hydrogen-bond acceptors (Lipinski definition) is 3. The summed E-state index contributed by atoms with van der Waals surface area (Å²) in [6.07, 6.45) is 0.501. The lowest BCUT2D eigenvalue weighted by molar-refractivity contribution is -0.0450. The van der Waals surface area contributed by atoms with Gasteiger partial charge in [0.2, 0.25) is 0 Å². The molecule has 0 bridgehead atoms. The summed E-state index contributed by atoms with van der Waals surface area (Å²) in [7, 11) is -5.41. The van der Waals surface area contributed by atoms with Gasteiger partial charge in [0.1, 0.15) is 0 Å². The molecule has 0 saturated heterocycles. The quantitative estimate of drug-likeness (QED) is 0.885. The first-order valence-electron chi connectivity index (χ1n) is 7.16. The van der Waals surface area contributed by atoms with Gasteiger partial charge in [-0.1, -0.05) is 42.5 Å². The molecule has 0 saturated carbocycles. The number of thioether (sulfide) groups is 1. The molecule has 0 unspecified atom stereocenters. The van der Waals surface area contributed by atoms with Crippen LogP contribution < -0.4 is 4.72 Å². The van der Waals surface area contributed by atoms with Gasteiger partial charge in [-0.05, 0) is 29.7 Å². The molecule has 0 spiro atoms. The molecule has 128 valence electrons. The number of alkyl halides is 3. The molecule has 2 aromatic rings. The summed E-state index contributed by atoms with van der Waals surface area (Å²) in [4.78, 5) is 0.881. The summed E-state index contributed by atoms with van der Waals surface area (Å²) >= 11 is 1.37. The highest BCUT2D eigenvalue weighted by Gasteiger charge is 2.49. The average molecular weight is 373 g/mol. The standard InChI is InChI=1S/C16H14F3NO2S2/c17-16(18,19)24(21,22)20-15-13-9-5-4-6-11(13)10-14(15)23-12-7-2-1-3-8-12/h1-9,14-15,20H,10H2/t14-,15-/m0/s1. The summed E-state index contributed by atoms with van der Waals surface area (Å²) in [6.45, 7) is 0. The van der Waals surface area contributed by atoms with Gasteiger partial charge in [0.15, 0.2) is 0 Å². The third kappa shape index (κ3) is 3.45. The van der Waals surface area contributed by atoms with Crippen molar-refractivity contribution in [3.05, 3.63) is 65.7 Å². The van der Waals surface area contributed by atoms with E-state index in [9.17, 15) is 21.6 Å². The Morgan fingerprint density at radius 1 is 1.00 bits per heavy atom. The van der Waals surface area contributed by atoms with Gasteiger partial charge >= 0.3 is 15.5 Å². The van der Waals surface area contributed by atoms with Gasteiger partial charge in [0.05, 0.1) is 6.04 Å². The number of sulfonamides is 1. The summed E-state index contributed by atoms with van der Waals surface area (Å²) in [6, 6.07) is 15.3. The zero-order valence-corrected chi connectivity index (χ0v) is 14.0. The first kappa shape index (κ1) is 17.3. The second-order valence-electron chi connectivity index (χ2n) is 5.42. The summed E-state index contributed by atoms with van der Waals surface area (Å²) in [5, 5.41) is -0.345. The lowest BCUT2D eigenvalue weighted by Gasteiger charge is -2.22. The molecule has 3 rings (SSSR count). The summed E-state index contributed by atoms with van der Waals surface area (Å²) in [5.41, 5.74) is -3.87. The Morgan fingerprint density at radius 2 is 1.62 bits per heavy atom. The molecular formula is C16H14F3NO2S2. The van der Waals surface area contributed by atoms with E-state index in [0.29, 0.717) is 12.0 Å². The van der Waals surface area contributed by atoms with Crippen molar-refractivity contribution >= 4 is 21.8 Å². The first-order valence-corrected chi connectivity index (χ1v) is 9.52. The number of fused-ring (bicyclic) bond motifs is 1. The fraction of sp³-hybridized carbons (Fsp3) is 0.250. The van der Waals surface area contributed by atoms with Crippen molar-refractivity contribution in [2.75, 3.05) is 0 Å². The Kier molecular flexibility index (Phi) is 4.63. The van der Waals surface area contributed by atoms with Gasteiger partial charge in [-0.3, -0.25) is 0 Å². The van der Waals surface area contributed by atoms with Crippen molar-refractivity contribution < 1.29 is 21.6 Å². The molecule has 1 N–H and O–H groups in total. The highest BCUT2D eigenvalue weighted by molar-refractivity contribution is 8.00. The largest absolute Gasteiger partial charge is 0.511 e. The number of halogens is 3. The molecule has 0 radical (unpaired) electrons. The summed E-state index contributed by atoms with van der Waals surface area (Å²) in [5.74, 6) is 0. The van der Waals surface area contributed by atoms with Crippen LogP contribution in [0.2, 0.25) is 0 Å². The van der Waals surface area contributed by atoms with E-state index in [0.717, 1.165) is 10.5 Å². The lowest BCUT2D eigenvalue weighted by atomic mass is 10.1. The number of benzene rings is 2. The van der Waals surface area contributed by atoms with E-state index in [-0.39, 0.29) is 5.25 Å².